The smallest absolute Gasteiger partial charge is 0.283 e. The lowest BCUT2D eigenvalue weighted by atomic mass is 10.1. The summed E-state index contributed by atoms with van der Waals surface area (Å²) in [7, 11) is 0. The van der Waals surface area contributed by atoms with Crippen LogP contribution in [0.5, 0.6) is 0 Å². The lowest BCUT2D eigenvalue weighted by molar-refractivity contribution is 0.0752. The van der Waals surface area contributed by atoms with Crippen LogP contribution < -0.4 is 0 Å². The monoisotopic (exact) mass is 327 g/mol. The van der Waals surface area contributed by atoms with Gasteiger partial charge in [-0.05, 0) is 40.9 Å². The van der Waals surface area contributed by atoms with Crippen molar-refractivity contribution in [3.05, 3.63) is 22.7 Å². The summed E-state index contributed by atoms with van der Waals surface area (Å²) >= 11 is 3.23. The van der Waals surface area contributed by atoms with Gasteiger partial charge in [0.25, 0.3) is 5.89 Å². The highest BCUT2D eigenvalue weighted by Crippen LogP contribution is 2.24. The highest BCUT2D eigenvalue weighted by molar-refractivity contribution is 9.10. The van der Waals surface area contributed by atoms with Crippen LogP contribution in [0.2, 0.25) is 0 Å². The molecule has 1 aliphatic rings. The molecule has 102 valence electrons. The van der Waals surface area contributed by atoms with Gasteiger partial charge in [-0.3, -0.25) is 4.90 Å². The van der Waals surface area contributed by atoms with Crippen LogP contribution >= 0.6 is 15.9 Å². The molecule has 7 heteroatoms. The van der Waals surface area contributed by atoms with E-state index in [-0.39, 0.29) is 6.10 Å². The number of furan rings is 1. The fourth-order valence-corrected chi connectivity index (χ4v) is 2.42. The highest BCUT2D eigenvalue weighted by Gasteiger charge is 2.20. The Labute approximate surface area is 118 Å². The van der Waals surface area contributed by atoms with Crippen LogP contribution in [0.4, 0.5) is 0 Å². The number of piperidine rings is 1. The molecule has 6 nitrogen and oxygen atoms in total. The molecule has 0 radical (unpaired) electrons. The third-order valence-electron chi connectivity index (χ3n) is 3.17. The molecule has 0 unspecified atom stereocenters. The lowest BCUT2D eigenvalue weighted by Gasteiger charge is -2.27. The van der Waals surface area contributed by atoms with E-state index in [2.05, 4.69) is 31.0 Å². The van der Waals surface area contributed by atoms with Gasteiger partial charge in [-0.2, -0.15) is 0 Å². The van der Waals surface area contributed by atoms with E-state index in [1.54, 1.807) is 12.1 Å². The first-order valence-corrected chi connectivity index (χ1v) is 6.98. The van der Waals surface area contributed by atoms with Crippen molar-refractivity contribution in [2.75, 3.05) is 13.1 Å². The van der Waals surface area contributed by atoms with E-state index in [1.807, 2.05) is 0 Å². The second-order valence-corrected chi connectivity index (χ2v) is 5.39. The molecule has 2 aromatic rings. The van der Waals surface area contributed by atoms with Gasteiger partial charge >= 0.3 is 0 Å². The summed E-state index contributed by atoms with van der Waals surface area (Å²) in [6.45, 7) is 2.32. The molecule has 19 heavy (non-hydrogen) atoms. The molecule has 0 aliphatic carbocycles. The van der Waals surface area contributed by atoms with Crippen molar-refractivity contribution in [1.29, 1.82) is 0 Å². The van der Waals surface area contributed by atoms with Crippen LogP contribution in [0.15, 0.2) is 25.6 Å². The first-order chi connectivity index (χ1) is 9.20. The molecule has 3 heterocycles. The standard InChI is InChI=1S/C12H14BrN3O3/c13-10-2-1-9(18-10)12-15-14-11(19-12)7-16-5-3-8(17)4-6-16/h1-2,8,17H,3-7H2. The van der Waals surface area contributed by atoms with Gasteiger partial charge in [-0.25, -0.2) is 0 Å². The topological polar surface area (TPSA) is 75.5 Å². The van der Waals surface area contributed by atoms with Crippen molar-refractivity contribution in [3.63, 3.8) is 0 Å². The maximum atomic E-state index is 9.45. The molecule has 1 N–H and O–H groups in total. The predicted octanol–water partition coefficient (Wildman–Crippen LogP) is 2.05. The molecule has 0 saturated carbocycles. The highest BCUT2D eigenvalue weighted by atomic mass is 79.9. The van der Waals surface area contributed by atoms with Gasteiger partial charge in [0.15, 0.2) is 10.4 Å². The minimum absolute atomic E-state index is 0.171. The van der Waals surface area contributed by atoms with Crippen LogP contribution in [-0.4, -0.2) is 39.4 Å². The van der Waals surface area contributed by atoms with Crippen molar-refractivity contribution in [2.45, 2.75) is 25.5 Å². The zero-order valence-corrected chi connectivity index (χ0v) is 11.8. The van der Waals surface area contributed by atoms with Gasteiger partial charge in [0.2, 0.25) is 5.89 Å². The Morgan fingerprint density at radius 2 is 2.05 bits per heavy atom. The molecule has 0 amide bonds. The average Bonchev–Trinajstić information content (AvgIpc) is 3.01. The van der Waals surface area contributed by atoms with Crippen molar-refractivity contribution in [3.8, 4) is 11.7 Å². The van der Waals surface area contributed by atoms with Crippen LogP contribution in [-0.2, 0) is 6.54 Å². The summed E-state index contributed by atoms with van der Waals surface area (Å²) < 4.78 is 11.6. The van der Waals surface area contributed by atoms with E-state index >= 15 is 0 Å². The molecule has 0 bridgehead atoms. The number of nitrogens with zero attached hydrogens (tertiary/aromatic N) is 3. The molecule has 3 rings (SSSR count). The third kappa shape index (κ3) is 3.05. The SMILES string of the molecule is OC1CCN(Cc2nnc(-c3ccc(Br)o3)o2)CC1. The number of aliphatic hydroxyl groups is 1. The van der Waals surface area contributed by atoms with E-state index in [0.717, 1.165) is 25.9 Å². The Kier molecular flexibility index (Phi) is 3.67. The number of halogens is 1. The fraction of sp³-hybridized carbons (Fsp3) is 0.500. The number of hydrogen-bond donors (Lipinski definition) is 1. The summed E-state index contributed by atoms with van der Waals surface area (Å²) in [5, 5.41) is 17.4. The number of likely N-dealkylation sites (tertiary alicyclic amines) is 1. The Bertz CT molecular complexity index is 546. The number of aromatic nitrogens is 2. The van der Waals surface area contributed by atoms with E-state index in [9.17, 15) is 5.11 Å². The largest absolute Gasteiger partial charge is 0.444 e. The van der Waals surface area contributed by atoms with Crippen molar-refractivity contribution in [1.82, 2.24) is 15.1 Å². The maximum absolute atomic E-state index is 9.45. The van der Waals surface area contributed by atoms with E-state index in [4.69, 9.17) is 8.83 Å². The Morgan fingerprint density at radius 1 is 1.26 bits per heavy atom. The van der Waals surface area contributed by atoms with Crippen LogP contribution in [0.25, 0.3) is 11.7 Å². The Hall–Kier alpha value is -1.18. The summed E-state index contributed by atoms with van der Waals surface area (Å²) in [6, 6.07) is 3.56. The average molecular weight is 328 g/mol. The number of aliphatic hydroxyl groups excluding tert-OH is 1. The first kappa shape index (κ1) is 12.8. The Balaban J connectivity index is 1.65. The van der Waals surface area contributed by atoms with Crippen molar-refractivity contribution in [2.24, 2.45) is 0 Å². The predicted molar refractivity (Wildman–Crippen MR) is 70.2 cm³/mol. The van der Waals surface area contributed by atoms with Gasteiger partial charge in [0.05, 0.1) is 12.6 Å². The minimum Gasteiger partial charge on any atom is -0.444 e. The Morgan fingerprint density at radius 3 is 2.74 bits per heavy atom. The summed E-state index contributed by atoms with van der Waals surface area (Å²) in [5.41, 5.74) is 0. The van der Waals surface area contributed by atoms with Gasteiger partial charge in [-0.15, -0.1) is 10.2 Å². The van der Waals surface area contributed by atoms with E-state index < -0.39 is 0 Å². The third-order valence-corrected chi connectivity index (χ3v) is 3.59. The normalized spacial score (nSPS) is 18.0. The summed E-state index contributed by atoms with van der Waals surface area (Å²) in [5.74, 6) is 1.51. The van der Waals surface area contributed by atoms with E-state index in [1.165, 1.54) is 0 Å². The molecular formula is C12H14BrN3O3. The summed E-state index contributed by atoms with van der Waals surface area (Å²) in [6.07, 6.45) is 1.42. The second kappa shape index (κ2) is 5.44. The van der Waals surface area contributed by atoms with Crippen LogP contribution in [0.1, 0.15) is 18.7 Å². The van der Waals surface area contributed by atoms with Gasteiger partial charge in [0, 0.05) is 13.1 Å². The molecule has 1 saturated heterocycles. The van der Waals surface area contributed by atoms with Crippen LogP contribution in [0.3, 0.4) is 0 Å². The molecule has 0 atom stereocenters. The maximum Gasteiger partial charge on any atom is 0.283 e. The summed E-state index contributed by atoms with van der Waals surface area (Å²) in [4.78, 5) is 2.20. The van der Waals surface area contributed by atoms with Crippen LogP contribution in [0, 0.1) is 0 Å². The first-order valence-electron chi connectivity index (χ1n) is 6.19. The number of hydrogen-bond acceptors (Lipinski definition) is 6. The number of rotatable bonds is 3. The molecule has 1 fully saturated rings. The zero-order valence-electron chi connectivity index (χ0n) is 10.3. The van der Waals surface area contributed by atoms with Crippen molar-refractivity contribution >= 4 is 15.9 Å². The van der Waals surface area contributed by atoms with Gasteiger partial charge < -0.3 is 13.9 Å². The molecule has 2 aromatic heterocycles. The lowest BCUT2D eigenvalue weighted by Crippen LogP contribution is -2.35. The molecule has 0 aromatic carbocycles. The molecule has 0 spiro atoms. The molecular weight excluding hydrogens is 314 g/mol. The van der Waals surface area contributed by atoms with E-state index in [0.29, 0.717) is 28.8 Å². The zero-order chi connectivity index (χ0) is 13.2. The fourth-order valence-electron chi connectivity index (χ4n) is 2.12. The van der Waals surface area contributed by atoms with Gasteiger partial charge in [-0.1, -0.05) is 0 Å². The van der Waals surface area contributed by atoms with Gasteiger partial charge in [0.1, 0.15) is 0 Å². The quantitative estimate of drug-likeness (QED) is 0.929. The van der Waals surface area contributed by atoms with Crippen molar-refractivity contribution < 1.29 is 13.9 Å². The second-order valence-electron chi connectivity index (χ2n) is 4.61. The minimum atomic E-state index is -0.171. The molecule has 1 aliphatic heterocycles.